The van der Waals surface area contributed by atoms with E-state index in [1.807, 2.05) is 6.92 Å². The van der Waals surface area contributed by atoms with E-state index in [9.17, 15) is 8.42 Å². The van der Waals surface area contributed by atoms with Crippen LogP contribution in [0.4, 0.5) is 0 Å². The first-order chi connectivity index (χ1) is 7.43. The fourth-order valence-electron chi connectivity index (χ4n) is 1.39. The summed E-state index contributed by atoms with van der Waals surface area (Å²) in [5.41, 5.74) is 0. The molecule has 1 aromatic carbocycles. The van der Waals surface area contributed by atoms with Crippen LogP contribution in [0.25, 0.3) is 0 Å². The first-order valence-corrected chi connectivity index (χ1v) is 6.61. The number of ether oxygens (including phenoxy) is 1. The van der Waals surface area contributed by atoms with Gasteiger partial charge in [0.15, 0.2) is 0 Å². The van der Waals surface area contributed by atoms with Crippen molar-refractivity contribution in [2.24, 2.45) is 0 Å². The topological polar surface area (TPSA) is 63.6 Å². The van der Waals surface area contributed by atoms with Gasteiger partial charge in [-0.25, -0.2) is 0 Å². The van der Waals surface area contributed by atoms with Gasteiger partial charge in [0.1, 0.15) is 5.75 Å². The molecule has 5 heteroatoms. The molecule has 90 valence electrons. The molecular formula is C11H16O4S. The van der Waals surface area contributed by atoms with Crippen LogP contribution in [0.3, 0.4) is 0 Å². The Hall–Kier alpha value is -1.07. The van der Waals surface area contributed by atoms with Crippen LogP contribution in [0.1, 0.15) is 26.7 Å². The van der Waals surface area contributed by atoms with Gasteiger partial charge in [0.2, 0.25) is 0 Å². The second kappa shape index (κ2) is 5.32. The highest BCUT2D eigenvalue weighted by atomic mass is 32.2. The zero-order valence-electron chi connectivity index (χ0n) is 9.38. The van der Waals surface area contributed by atoms with Gasteiger partial charge in [-0.2, -0.15) is 8.42 Å². The van der Waals surface area contributed by atoms with Crippen molar-refractivity contribution in [3.8, 4) is 5.75 Å². The Labute approximate surface area is 96.0 Å². The van der Waals surface area contributed by atoms with Crippen LogP contribution in [0.15, 0.2) is 29.2 Å². The van der Waals surface area contributed by atoms with Crippen molar-refractivity contribution in [1.82, 2.24) is 0 Å². The molecule has 0 aliphatic carbocycles. The van der Waals surface area contributed by atoms with E-state index in [0.717, 1.165) is 12.8 Å². The fraction of sp³-hybridized carbons (Fsp3) is 0.455. The van der Waals surface area contributed by atoms with Crippen molar-refractivity contribution in [1.29, 1.82) is 0 Å². The van der Waals surface area contributed by atoms with Gasteiger partial charge in [0, 0.05) is 0 Å². The smallest absolute Gasteiger partial charge is 0.294 e. The molecule has 0 radical (unpaired) electrons. The normalized spacial score (nSPS) is 13.4. The third kappa shape index (κ3) is 3.83. The predicted molar refractivity (Wildman–Crippen MR) is 61.3 cm³/mol. The zero-order chi connectivity index (χ0) is 12.2. The van der Waals surface area contributed by atoms with Gasteiger partial charge >= 0.3 is 0 Å². The van der Waals surface area contributed by atoms with Gasteiger partial charge < -0.3 is 4.74 Å². The lowest BCUT2D eigenvalue weighted by Gasteiger charge is -2.13. The van der Waals surface area contributed by atoms with Crippen LogP contribution >= 0.6 is 0 Å². The zero-order valence-corrected chi connectivity index (χ0v) is 10.2. The summed E-state index contributed by atoms with van der Waals surface area (Å²) in [4.78, 5) is -0.122. The van der Waals surface area contributed by atoms with Crippen molar-refractivity contribution in [3.63, 3.8) is 0 Å². The van der Waals surface area contributed by atoms with Gasteiger partial charge in [-0.15, -0.1) is 0 Å². The molecule has 1 rings (SSSR count). The van der Waals surface area contributed by atoms with Gasteiger partial charge in [-0.1, -0.05) is 13.3 Å². The van der Waals surface area contributed by atoms with Crippen LogP contribution in [-0.2, 0) is 10.1 Å². The first kappa shape index (κ1) is 13.0. The molecule has 4 nitrogen and oxygen atoms in total. The van der Waals surface area contributed by atoms with Crippen LogP contribution < -0.4 is 4.74 Å². The van der Waals surface area contributed by atoms with E-state index in [2.05, 4.69) is 6.92 Å². The van der Waals surface area contributed by atoms with Gasteiger partial charge in [0.05, 0.1) is 11.0 Å². The van der Waals surface area contributed by atoms with Crippen LogP contribution in [-0.4, -0.2) is 19.1 Å². The summed E-state index contributed by atoms with van der Waals surface area (Å²) in [5.74, 6) is 0.605. The van der Waals surface area contributed by atoms with E-state index in [4.69, 9.17) is 9.29 Å². The second-order valence-corrected chi connectivity index (χ2v) is 5.09. The molecule has 1 N–H and O–H groups in total. The molecule has 1 aromatic rings. The highest BCUT2D eigenvalue weighted by Crippen LogP contribution is 2.17. The number of rotatable bonds is 5. The minimum Gasteiger partial charge on any atom is -0.491 e. The molecule has 0 aliphatic rings. The van der Waals surface area contributed by atoms with Crippen molar-refractivity contribution >= 4 is 10.1 Å². The molecule has 0 saturated carbocycles. The number of hydrogen-bond acceptors (Lipinski definition) is 3. The predicted octanol–water partition coefficient (Wildman–Crippen LogP) is 2.50. The maximum Gasteiger partial charge on any atom is 0.294 e. The average Bonchev–Trinajstić information content (AvgIpc) is 2.17. The van der Waals surface area contributed by atoms with Crippen molar-refractivity contribution in [2.45, 2.75) is 37.7 Å². The molecule has 1 unspecified atom stereocenters. The molecular weight excluding hydrogens is 228 g/mol. The Kier molecular flexibility index (Phi) is 4.32. The molecule has 0 spiro atoms. The standard InChI is InChI=1S/C11H16O4S/c1-3-4-9(2)15-10-5-7-11(8-6-10)16(12,13)14/h5-9H,3-4H2,1-2H3,(H,12,13,14). The lowest BCUT2D eigenvalue weighted by molar-refractivity contribution is 0.210. The number of benzene rings is 1. The Morgan fingerprint density at radius 1 is 1.31 bits per heavy atom. The molecule has 0 aliphatic heterocycles. The summed E-state index contributed by atoms with van der Waals surface area (Å²) >= 11 is 0. The Balaban J connectivity index is 2.72. The molecule has 16 heavy (non-hydrogen) atoms. The van der Waals surface area contributed by atoms with Crippen LogP contribution in [0, 0.1) is 0 Å². The first-order valence-electron chi connectivity index (χ1n) is 5.17. The van der Waals surface area contributed by atoms with E-state index in [1.165, 1.54) is 24.3 Å². The lowest BCUT2D eigenvalue weighted by atomic mass is 10.2. The maximum atomic E-state index is 10.8. The van der Waals surface area contributed by atoms with Gasteiger partial charge in [0.25, 0.3) is 10.1 Å². The van der Waals surface area contributed by atoms with Crippen LogP contribution in [0.5, 0.6) is 5.75 Å². The molecule has 0 aromatic heterocycles. The van der Waals surface area contributed by atoms with E-state index < -0.39 is 10.1 Å². The van der Waals surface area contributed by atoms with Crippen molar-refractivity contribution < 1.29 is 17.7 Å². The molecule has 0 amide bonds. The highest BCUT2D eigenvalue weighted by Gasteiger charge is 2.09. The summed E-state index contributed by atoms with van der Waals surface area (Å²) < 4.78 is 35.9. The lowest BCUT2D eigenvalue weighted by Crippen LogP contribution is -2.10. The van der Waals surface area contributed by atoms with E-state index in [1.54, 1.807) is 0 Å². The van der Waals surface area contributed by atoms with Gasteiger partial charge in [-0.05, 0) is 37.6 Å². The fourth-order valence-corrected chi connectivity index (χ4v) is 1.87. The third-order valence-electron chi connectivity index (χ3n) is 2.15. The molecule has 1 atom stereocenters. The average molecular weight is 244 g/mol. The minimum atomic E-state index is -4.11. The van der Waals surface area contributed by atoms with E-state index >= 15 is 0 Å². The summed E-state index contributed by atoms with van der Waals surface area (Å²) in [6, 6.07) is 5.72. The maximum absolute atomic E-state index is 10.8. The number of hydrogen-bond donors (Lipinski definition) is 1. The monoisotopic (exact) mass is 244 g/mol. The molecule has 0 bridgehead atoms. The minimum absolute atomic E-state index is 0.0987. The Morgan fingerprint density at radius 2 is 1.88 bits per heavy atom. The largest absolute Gasteiger partial charge is 0.491 e. The van der Waals surface area contributed by atoms with E-state index in [0.29, 0.717) is 5.75 Å². The Bertz CT molecular complexity index is 422. The Morgan fingerprint density at radius 3 is 2.31 bits per heavy atom. The van der Waals surface area contributed by atoms with Crippen LogP contribution in [0.2, 0.25) is 0 Å². The third-order valence-corrected chi connectivity index (χ3v) is 3.02. The van der Waals surface area contributed by atoms with E-state index in [-0.39, 0.29) is 11.0 Å². The second-order valence-electron chi connectivity index (χ2n) is 3.66. The van der Waals surface area contributed by atoms with Crippen molar-refractivity contribution in [3.05, 3.63) is 24.3 Å². The summed E-state index contributed by atoms with van der Waals surface area (Å²) in [6.45, 7) is 4.03. The van der Waals surface area contributed by atoms with Gasteiger partial charge in [-0.3, -0.25) is 4.55 Å². The molecule has 0 heterocycles. The molecule has 0 saturated heterocycles. The SMILES string of the molecule is CCCC(C)Oc1ccc(S(=O)(=O)O)cc1. The molecule has 0 fully saturated rings. The van der Waals surface area contributed by atoms with Crippen molar-refractivity contribution in [2.75, 3.05) is 0 Å². The quantitative estimate of drug-likeness (QED) is 0.808. The highest BCUT2D eigenvalue weighted by molar-refractivity contribution is 7.85. The summed E-state index contributed by atoms with van der Waals surface area (Å²) in [7, 11) is -4.11. The summed E-state index contributed by atoms with van der Waals surface area (Å²) in [5, 5.41) is 0. The summed E-state index contributed by atoms with van der Waals surface area (Å²) in [6.07, 6.45) is 2.08.